The number of aryl methyl sites for hydroxylation is 1. The smallest absolute Gasteiger partial charge is 0.266 e. The van der Waals surface area contributed by atoms with Crippen molar-refractivity contribution in [2.45, 2.75) is 13.5 Å². The topological polar surface area (TPSA) is 97.9 Å². The number of hydrogen-bond acceptors (Lipinski definition) is 8. The lowest BCUT2D eigenvalue weighted by Crippen LogP contribution is -2.48. The molecule has 10 heteroatoms. The minimum atomic E-state index is -0.107. The third kappa shape index (κ3) is 4.02. The predicted molar refractivity (Wildman–Crippen MR) is 116 cm³/mol. The van der Waals surface area contributed by atoms with Crippen LogP contribution < -0.4 is 10.5 Å². The zero-order valence-corrected chi connectivity index (χ0v) is 17.3. The summed E-state index contributed by atoms with van der Waals surface area (Å²) in [5.74, 6) is 2.31. The zero-order valence-electron chi connectivity index (χ0n) is 17.3. The Morgan fingerprint density at radius 2 is 1.84 bits per heavy atom. The van der Waals surface area contributed by atoms with Gasteiger partial charge in [0.05, 0.1) is 11.9 Å². The second-order valence-electron chi connectivity index (χ2n) is 7.50. The van der Waals surface area contributed by atoms with Gasteiger partial charge in [-0.25, -0.2) is 24.3 Å². The maximum atomic E-state index is 12.2. The molecule has 5 rings (SSSR count). The van der Waals surface area contributed by atoms with E-state index in [0.29, 0.717) is 12.4 Å². The average molecular weight is 417 g/mol. The van der Waals surface area contributed by atoms with Crippen molar-refractivity contribution < 1.29 is 0 Å². The number of rotatable bonds is 5. The first-order valence-electron chi connectivity index (χ1n) is 10.3. The van der Waals surface area contributed by atoms with Gasteiger partial charge in [0, 0.05) is 57.4 Å². The molecule has 4 aromatic heterocycles. The van der Waals surface area contributed by atoms with Crippen LogP contribution >= 0.6 is 0 Å². The molecule has 1 fully saturated rings. The number of piperazine rings is 1. The molecular weight excluding hydrogens is 394 g/mol. The molecular formula is C21H23N9O. The van der Waals surface area contributed by atoms with Gasteiger partial charge in [-0.15, -0.1) is 5.10 Å². The van der Waals surface area contributed by atoms with Crippen LogP contribution in [0.5, 0.6) is 0 Å². The number of nitrogens with zero attached hydrogens (tertiary/aromatic N) is 9. The van der Waals surface area contributed by atoms with Gasteiger partial charge in [-0.05, 0) is 31.2 Å². The number of hydrogen-bond donors (Lipinski definition) is 0. The maximum Gasteiger partial charge on any atom is 0.266 e. The molecule has 4 aromatic rings. The summed E-state index contributed by atoms with van der Waals surface area (Å²) < 4.78 is 3.16. The van der Waals surface area contributed by atoms with Crippen LogP contribution in [0, 0.1) is 6.92 Å². The molecule has 0 amide bonds. The minimum Gasteiger partial charge on any atom is -0.353 e. The molecule has 0 bridgehead atoms. The molecule has 0 saturated carbocycles. The Bertz CT molecular complexity index is 1240. The molecule has 0 N–H and O–H groups in total. The van der Waals surface area contributed by atoms with Gasteiger partial charge < -0.3 is 4.90 Å². The lowest BCUT2D eigenvalue weighted by atomic mass is 10.2. The van der Waals surface area contributed by atoms with E-state index in [0.717, 1.165) is 55.4 Å². The van der Waals surface area contributed by atoms with Gasteiger partial charge >= 0.3 is 0 Å². The molecule has 0 unspecified atom stereocenters. The molecule has 0 radical (unpaired) electrons. The van der Waals surface area contributed by atoms with Gasteiger partial charge in [-0.1, -0.05) is 0 Å². The summed E-state index contributed by atoms with van der Waals surface area (Å²) in [4.78, 5) is 30.4. The van der Waals surface area contributed by atoms with Gasteiger partial charge in [0.15, 0.2) is 11.5 Å². The summed E-state index contributed by atoms with van der Waals surface area (Å²) >= 11 is 0. The summed E-state index contributed by atoms with van der Waals surface area (Å²) in [5, 5.41) is 9.61. The summed E-state index contributed by atoms with van der Waals surface area (Å²) in [7, 11) is 0. The zero-order chi connectivity index (χ0) is 21.2. The highest BCUT2D eigenvalue weighted by atomic mass is 16.1. The van der Waals surface area contributed by atoms with Crippen molar-refractivity contribution in [3.63, 3.8) is 0 Å². The van der Waals surface area contributed by atoms with Crippen molar-refractivity contribution in [1.82, 2.24) is 39.4 Å². The molecule has 1 saturated heterocycles. The second kappa shape index (κ2) is 8.23. The molecule has 1 aliphatic heterocycles. The van der Waals surface area contributed by atoms with E-state index >= 15 is 0 Å². The van der Waals surface area contributed by atoms with E-state index in [-0.39, 0.29) is 5.56 Å². The number of pyridine rings is 1. The first kappa shape index (κ1) is 19.3. The summed E-state index contributed by atoms with van der Waals surface area (Å²) in [6, 6.07) is 9.00. The van der Waals surface area contributed by atoms with Crippen molar-refractivity contribution in [3.05, 3.63) is 65.1 Å². The van der Waals surface area contributed by atoms with Crippen molar-refractivity contribution in [3.8, 4) is 5.82 Å². The van der Waals surface area contributed by atoms with E-state index in [1.165, 1.54) is 4.68 Å². The Labute approximate surface area is 178 Å². The van der Waals surface area contributed by atoms with Crippen LogP contribution in [-0.4, -0.2) is 72.1 Å². The maximum absolute atomic E-state index is 12.2. The van der Waals surface area contributed by atoms with E-state index in [2.05, 4.69) is 34.9 Å². The standard InChI is InChI=1S/C21H23N9O/c1-16-24-20-17(4-2-7-22-20)21(25-16)28-13-10-27(11-14-28)12-15-30-19(31)6-5-18(26-30)29-9-3-8-23-29/h2-9H,10-15H2,1H3. The number of fused-ring (bicyclic) bond motifs is 1. The minimum absolute atomic E-state index is 0.107. The fourth-order valence-corrected chi connectivity index (χ4v) is 3.84. The fraction of sp³-hybridized carbons (Fsp3) is 0.333. The van der Waals surface area contributed by atoms with Crippen LogP contribution in [0.4, 0.5) is 5.82 Å². The van der Waals surface area contributed by atoms with Gasteiger partial charge in [-0.3, -0.25) is 9.69 Å². The number of anilines is 1. The Morgan fingerprint density at radius 3 is 2.65 bits per heavy atom. The monoisotopic (exact) mass is 417 g/mol. The summed E-state index contributed by atoms with van der Waals surface area (Å²) in [6.07, 6.45) is 5.26. The van der Waals surface area contributed by atoms with Crippen molar-refractivity contribution in [1.29, 1.82) is 0 Å². The van der Waals surface area contributed by atoms with E-state index in [9.17, 15) is 4.79 Å². The van der Waals surface area contributed by atoms with E-state index in [1.54, 1.807) is 29.2 Å². The van der Waals surface area contributed by atoms with Crippen LogP contribution in [0.3, 0.4) is 0 Å². The highest BCUT2D eigenvalue weighted by Gasteiger charge is 2.20. The first-order valence-corrected chi connectivity index (χ1v) is 10.3. The van der Waals surface area contributed by atoms with E-state index in [4.69, 9.17) is 0 Å². The molecule has 31 heavy (non-hydrogen) atoms. The molecule has 0 spiro atoms. The van der Waals surface area contributed by atoms with Gasteiger partial charge in [-0.2, -0.15) is 5.10 Å². The van der Waals surface area contributed by atoms with Crippen molar-refractivity contribution in [2.75, 3.05) is 37.6 Å². The largest absolute Gasteiger partial charge is 0.353 e. The van der Waals surface area contributed by atoms with E-state index in [1.807, 2.05) is 31.3 Å². The Kier molecular flexibility index (Phi) is 5.13. The first-order chi connectivity index (χ1) is 15.2. The lowest BCUT2D eigenvalue weighted by molar-refractivity contribution is 0.242. The molecule has 1 aliphatic rings. The average Bonchev–Trinajstić information content (AvgIpc) is 3.33. The van der Waals surface area contributed by atoms with Gasteiger partial charge in [0.25, 0.3) is 5.56 Å². The predicted octanol–water partition coefficient (Wildman–Crippen LogP) is 0.898. The summed E-state index contributed by atoms with van der Waals surface area (Å²) in [5.41, 5.74) is 0.625. The third-order valence-electron chi connectivity index (χ3n) is 5.45. The number of aromatic nitrogens is 7. The molecule has 5 heterocycles. The van der Waals surface area contributed by atoms with Crippen LogP contribution in [0.15, 0.2) is 53.7 Å². The Hall–Kier alpha value is -3.66. The van der Waals surface area contributed by atoms with Gasteiger partial charge in [0.1, 0.15) is 11.6 Å². The molecule has 0 atom stereocenters. The third-order valence-corrected chi connectivity index (χ3v) is 5.45. The highest BCUT2D eigenvalue weighted by Crippen LogP contribution is 2.23. The summed E-state index contributed by atoms with van der Waals surface area (Å²) in [6.45, 7) is 6.68. The SMILES string of the molecule is Cc1nc(N2CCN(CCn3nc(-n4cccn4)ccc3=O)CC2)c2cccnc2n1. The molecule has 0 aliphatic carbocycles. The van der Waals surface area contributed by atoms with Crippen LogP contribution in [0.2, 0.25) is 0 Å². The van der Waals surface area contributed by atoms with Crippen molar-refractivity contribution in [2.24, 2.45) is 0 Å². The Morgan fingerprint density at radius 1 is 0.968 bits per heavy atom. The second-order valence-corrected chi connectivity index (χ2v) is 7.50. The fourth-order valence-electron chi connectivity index (χ4n) is 3.84. The molecule has 0 aromatic carbocycles. The quantitative estimate of drug-likeness (QED) is 0.472. The van der Waals surface area contributed by atoms with E-state index < -0.39 is 0 Å². The van der Waals surface area contributed by atoms with Crippen molar-refractivity contribution >= 4 is 16.9 Å². The highest BCUT2D eigenvalue weighted by molar-refractivity contribution is 5.86. The van der Waals surface area contributed by atoms with Gasteiger partial charge in [0.2, 0.25) is 0 Å². The van der Waals surface area contributed by atoms with Crippen LogP contribution in [0.1, 0.15) is 5.82 Å². The van der Waals surface area contributed by atoms with Crippen LogP contribution in [0.25, 0.3) is 16.9 Å². The Balaban J connectivity index is 1.24. The van der Waals surface area contributed by atoms with Crippen LogP contribution in [-0.2, 0) is 6.54 Å². The molecule has 158 valence electrons. The normalized spacial score (nSPS) is 14.9. The lowest BCUT2D eigenvalue weighted by Gasteiger charge is -2.35. The molecule has 10 nitrogen and oxygen atoms in total.